The SMILES string of the molecule is CN1CCN2[C@H](C1)C(=O)N(Cc1ccccc1)C21CCN(C(=O)c2nccs2)CC1. The van der Waals surface area contributed by atoms with Gasteiger partial charge in [0.15, 0.2) is 5.01 Å². The number of benzene rings is 1. The van der Waals surface area contributed by atoms with Gasteiger partial charge < -0.3 is 14.7 Å². The molecule has 30 heavy (non-hydrogen) atoms. The van der Waals surface area contributed by atoms with E-state index in [1.807, 2.05) is 28.5 Å². The lowest BCUT2D eigenvalue weighted by atomic mass is 9.93. The minimum atomic E-state index is -0.307. The molecule has 3 aliphatic heterocycles. The fraction of sp³-hybridized carbons (Fsp3) is 0.500. The summed E-state index contributed by atoms with van der Waals surface area (Å²) in [6.07, 6.45) is 3.24. The molecule has 1 aromatic heterocycles. The molecule has 3 fully saturated rings. The molecule has 1 aromatic carbocycles. The maximum absolute atomic E-state index is 13.5. The summed E-state index contributed by atoms with van der Waals surface area (Å²) in [5.74, 6) is 0.235. The van der Waals surface area contributed by atoms with Crippen molar-refractivity contribution in [3.8, 4) is 0 Å². The number of fused-ring (bicyclic) bond motifs is 2. The van der Waals surface area contributed by atoms with Crippen LogP contribution in [0.25, 0.3) is 0 Å². The Bertz CT molecular complexity index is 911. The van der Waals surface area contributed by atoms with Gasteiger partial charge in [0.25, 0.3) is 5.91 Å². The molecule has 7 nitrogen and oxygen atoms in total. The Morgan fingerprint density at radius 1 is 1.17 bits per heavy atom. The first-order valence-corrected chi connectivity index (χ1v) is 11.5. The molecular formula is C22H27N5O2S. The third kappa shape index (κ3) is 3.23. The van der Waals surface area contributed by atoms with Crippen molar-refractivity contribution in [3.05, 3.63) is 52.5 Å². The number of piperazine rings is 1. The van der Waals surface area contributed by atoms with Crippen LogP contribution in [-0.4, -0.2) is 87.9 Å². The molecule has 2 aromatic rings. The van der Waals surface area contributed by atoms with Crippen LogP contribution in [0.5, 0.6) is 0 Å². The molecule has 5 rings (SSSR count). The Kier molecular flexibility index (Phi) is 5.08. The van der Waals surface area contributed by atoms with Gasteiger partial charge in [-0.15, -0.1) is 11.3 Å². The van der Waals surface area contributed by atoms with Crippen LogP contribution in [0.3, 0.4) is 0 Å². The van der Waals surface area contributed by atoms with Crippen LogP contribution < -0.4 is 0 Å². The molecule has 3 saturated heterocycles. The number of hydrogen-bond acceptors (Lipinski definition) is 6. The van der Waals surface area contributed by atoms with Gasteiger partial charge in [-0.25, -0.2) is 4.98 Å². The maximum atomic E-state index is 13.5. The highest BCUT2D eigenvalue weighted by Crippen LogP contribution is 2.42. The van der Waals surface area contributed by atoms with Crippen molar-refractivity contribution in [2.45, 2.75) is 31.1 Å². The fourth-order valence-corrected chi connectivity index (χ4v) is 5.85. The van der Waals surface area contributed by atoms with E-state index in [0.717, 1.165) is 38.0 Å². The largest absolute Gasteiger partial charge is 0.336 e. The van der Waals surface area contributed by atoms with Crippen molar-refractivity contribution < 1.29 is 9.59 Å². The summed E-state index contributed by atoms with van der Waals surface area (Å²) in [7, 11) is 2.09. The summed E-state index contributed by atoms with van der Waals surface area (Å²) < 4.78 is 0. The minimum Gasteiger partial charge on any atom is -0.336 e. The second-order valence-corrected chi connectivity index (χ2v) is 9.39. The first kappa shape index (κ1) is 19.7. The molecular weight excluding hydrogens is 398 g/mol. The molecule has 2 amide bonds. The van der Waals surface area contributed by atoms with E-state index in [0.29, 0.717) is 24.6 Å². The molecule has 0 unspecified atom stereocenters. The maximum Gasteiger partial charge on any atom is 0.282 e. The van der Waals surface area contributed by atoms with Crippen molar-refractivity contribution >= 4 is 23.2 Å². The number of carbonyl (C=O) groups is 2. The average Bonchev–Trinajstić information content (AvgIpc) is 3.38. The van der Waals surface area contributed by atoms with Gasteiger partial charge in [-0.3, -0.25) is 14.5 Å². The zero-order valence-electron chi connectivity index (χ0n) is 17.2. The van der Waals surface area contributed by atoms with Crippen LogP contribution in [0.1, 0.15) is 28.2 Å². The highest BCUT2D eigenvalue weighted by atomic mass is 32.1. The van der Waals surface area contributed by atoms with Crippen LogP contribution in [0.2, 0.25) is 0 Å². The zero-order chi connectivity index (χ0) is 20.7. The van der Waals surface area contributed by atoms with E-state index in [4.69, 9.17) is 0 Å². The van der Waals surface area contributed by atoms with Crippen LogP contribution in [0.15, 0.2) is 41.9 Å². The summed E-state index contributed by atoms with van der Waals surface area (Å²) in [5, 5.41) is 2.39. The molecule has 1 spiro atoms. The van der Waals surface area contributed by atoms with Gasteiger partial charge in [0.05, 0.1) is 0 Å². The number of likely N-dealkylation sites (tertiary alicyclic amines) is 1. The predicted octanol–water partition coefficient (Wildman–Crippen LogP) is 1.73. The van der Waals surface area contributed by atoms with Gasteiger partial charge in [-0.2, -0.15) is 0 Å². The number of carbonyl (C=O) groups excluding carboxylic acids is 2. The second kappa shape index (κ2) is 7.76. The van der Waals surface area contributed by atoms with Gasteiger partial charge in [0.2, 0.25) is 5.91 Å². The topological polar surface area (TPSA) is 60.0 Å². The predicted molar refractivity (Wildman–Crippen MR) is 115 cm³/mol. The number of aromatic nitrogens is 1. The van der Waals surface area contributed by atoms with E-state index in [-0.39, 0.29) is 23.5 Å². The summed E-state index contributed by atoms with van der Waals surface area (Å²) in [6.45, 7) is 4.54. The van der Waals surface area contributed by atoms with E-state index in [9.17, 15) is 9.59 Å². The molecule has 0 radical (unpaired) electrons. The molecule has 3 aliphatic rings. The van der Waals surface area contributed by atoms with E-state index in [2.05, 4.69) is 38.9 Å². The van der Waals surface area contributed by atoms with Crippen molar-refractivity contribution in [2.75, 3.05) is 39.8 Å². The Hall–Kier alpha value is -2.29. The molecule has 0 bridgehead atoms. The van der Waals surface area contributed by atoms with E-state index in [1.54, 1.807) is 6.20 Å². The third-order valence-corrected chi connectivity index (χ3v) is 7.58. The van der Waals surface area contributed by atoms with Crippen LogP contribution in [0.4, 0.5) is 0 Å². The van der Waals surface area contributed by atoms with Crippen LogP contribution in [-0.2, 0) is 11.3 Å². The Labute approximate surface area is 180 Å². The lowest BCUT2D eigenvalue weighted by molar-refractivity contribution is -0.134. The quantitative estimate of drug-likeness (QED) is 0.750. The van der Waals surface area contributed by atoms with E-state index >= 15 is 0 Å². The third-order valence-electron chi connectivity index (χ3n) is 6.82. The molecule has 0 saturated carbocycles. The zero-order valence-corrected chi connectivity index (χ0v) is 18.1. The van der Waals surface area contributed by atoms with Crippen LogP contribution >= 0.6 is 11.3 Å². The second-order valence-electron chi connectivity index (χ2n) is 8.49. The van der Waals surface area contributed by atoms with Crippen LogP contribution in [0, 0.1) is 0 Å². The number of likely N-dealkylation sites (N-methyl/N-ethyl adjacent to an activating group) is 1. The molecule has 8 heteroatoms. The highest BCUT2D eigenvalue weighted by Gasteiger charge is 2.58. The number of amides is 2. The standard InChI is InChI=1S/C22H27N5O2S/c1-24-12-13-26-18(16-24)20(28)27(15-17-5-3-2-4-6-17)22(26)7-10-25(11-8-22)21(29)19-23-9-14-30-19/h2-6,9,14,18H,7-8,10-13,15-16H2,1H3/t18-/m1/s1. The first-order valence-electron chi connectivity index (χ1n) is 10.6. The number of piperidine rings is 1. The van der Waals surface area contributed by atoms with Crippen molar-refractivity contribution in [1.29, 1.82) is 0 Å². The smallest absolute Gasteiger partial charge is 0.282 e. The van der Waals surface area contributed by atoms with Gasteiger partial charge >= 0.3 is 0 Å². The number of nitrogens with zero attached hydrogens (tertiary/aromatic N) is 5. The Morgan fingerprint density at radius 2 is 1.93 bits per heavy atom. The lowest BCUT2D eigenvalue weighted by Gasteiger charge is -2.50. The van der Waals surface area contributed by atoms with Crippen molar-refractivity contribution in [1.82, 2.24) is 24.6 Å². The minimum absolute atomic E-state index is 0.00807. The summed E-state index contributed by atoms with van der Waals surface area (Å²) in [4.78, 5) is 39.2. The average molecular weight is 426 g/mol. The molecule has 158 valence electrons. The number of thiazole rings is 1. The summed E-state index contributed by atoms with van der Waals surface area (Å²) >= 11 is 1.39. The Balaban J connectivity index is 1.41. The molecule has 1 atom stereocenters. The van der Waals surface area contributed by atoms with Gasteiger partial charge in [-0.05, 0) is 12.6 Å². The summed E-state index contributed by atoms with van der Waals surface area (Å²) in [6, 6.07) is 10.1. The van der Waals surface area contributed by atoms with Crippen molar-refractivity contribution in [2.24, 2.45) is 0 Å². The molecule has 0 aliphatic carbocycles. The normalized spacial score (nSPS) is 24.4. The first-order chi connectivity index (χ1) is 14.6. The van der Waals surface area contributed by atoms with E-state index in [1.165, 1.54) is 11.3 Å². The number of rotatable bonds is 3. The summed E-state index contributed by atoms with van der Waals surface area (Å²) in [5.41, 5.74) is 0.845. The lowest BCUT2D eigenvalue weighted by Crippen LogP contribution is -2.63. The fourth-order valence-electron chi connectivity index (χ4n) is 5.25. The van der Waals surface area contributed by atoms with E-state index < -0.39 is 0 Å². The van der Waals surface area contributed by atoms with Gasteiger partial charge in [0.1, 0.15) is 11.7 Å². The van der Waals surface area contributed by atoms with Gasteiger partial charge in [0, 0.05) is 63.7 Å². The molecule has 4 heterocycles. The van der Waals surface area contributed by atoms with Gasteiger partial charge in [-0.1, -0.05) is 30.3 Å². The number of hydrogen-bond donors (Lipinski definition) is 0. The van der Waals surface area contributed by atoms with Crippen molar-refractivity contribution in [3.63, 3.8) is 0 Å². The monoisotopic (exact) mass is 425 g/mol. The highest BCUT2D eigenvalue weighted by molar-refractivity contribution is 7.11. The Morgan fingerprint density at radius 3 is 2.63 bits per heavy atom. The molecule has 0 N–H and O–H groups in total.